The molecule has 6 atom stereocenters. The molecule has 2 bridgehead atoms. The highest BCUT2D eigenvalue weighted by molar-refractivity contribution is 5.05. The summed E-state index contributed by atoms with van der Waals surface area (Å²) in [6, 6.07) is 0.228. The van der Waals surface area contributed by atoms with Gasteiger partial charge in [-0.05, 0) is 63.8 Å². The van der Waals surface area contributed by atoms with Crippen molar-refractivity contribution >= 4 is 0 Å². The Labute approximate surface area is 179 Å². The Hall–Kier alpha value is -0.340. The number of halogens is 2. The molecule has 30 heavy (non-hydrogen) atoms. The molecular weight excluding hydrogens is 390 g/mol. The van der Waals surface area contributed by atoms with E-state index in [1.807, 2.05) is 0 Å². The molecule has 5 nitrogen and oxygen atoms in total. The summed E-state index contributed by atoms with van der Waals surface area (Å²) in [5.74, 6) is -0.0844. The first-order valence-electron chi connectivity index (χ1n) is 12.2. The van der Waals surface area contributed by atoms with Gasteiger partial charge in [0.2, 0.25) is 0 Å². The molecular formula is C23H38F2N2O3. The van der Waals surface area contributed by atoms with Crippen molar-refractivity contribution in [3.8, 4) is 0 Å². The minimum Gasteiger partial charge on any atom is -0.378 e. The van der Waals surface area contributed by atoms with Gasteiger partial charge in [-0.15, -0.1) is 0 Å². The molecule has 6 fully saturated rings. The lowest BCUT2D eigenvalue weighted by Crippen LogP contribution is -2.70. The second kappa shape index (κ2) is 9.26. The third-order valence-corrected chi connectivity index (χ3v) is 8.54. The zero-order valence-electron chi connectivity index (χ0n) is 18.1. The average molecular weight is 429 g/mol. The van der Waals surface area contributed by atoms with E-state index < -0.39 is 18.4 Å². The highest BCUT2D eigenvalue weighted by Crippen LogP contribution is 2.43. The maximum atomic E-state index is 15.0. The van der Waals surface area contributed by atoms with Crippen LogP contribution in [0.25, 0.3) is 0 Å². The quantitative estimate of drug-likeness (QED) is 0.643. The van der Waals surface area contributed by atoms with Crippen LogP contribution in [0.2, 0.25) is 0 Å². The molecule has 0 radical (unpaired) electrons. The highest BCUT2D eigenvalue weighted by Gasteiger charge is 2.48. The van der Waals surface area contributed by atoms with Crippen molar-refractivity contribution in [2.45, 2.75) is 87.5 Å². The molecule has 0 amide bonds. The standard InChI is InChI=1S/C23H38F2N2O3/c24-18-6-7-19(25)22-21(18)16-2-4-17(5-3-16)30-14-20-23(15-28-12-9-26-23)8-1-10-27(20)11-13-29-22/h16-22,26H,1-15H2/t16?,17?,18?,19?,20-,21?,22?,23+/m0/s1. The van der Waals surface area contributed by atoms with Crippen LogP contribution in [0.4, 0.5) is 8.78 Å². The number of nitrogens with zero attached hydrogens (tertiary/aromatic N) is 1. The van der Waals surface area contributed by atoms with Gasteiger partial charge in [0.15, 0.2) is 0 Å². The molecule has 1 N–H and O–H groups in total. The molecule has 7 heteroatoms. The van der Waals surface area contributed by atoms with E-state index in [-0.39, 0.29) is 35.9 Å². The van der Waals surface area contributed by atoms with Crippen molar-refractivity contribution in [2.24, 2.45) is 11.8 Å². The number of ether oxygens (including phenoxy) is 3. The Morgan fingerprint density at radius 2 is 1.73 bits per heavy atom. The Morgan fingerprint density at radius 3 is 2.53 bits per heavy atom. The van der Waals surface area contributed by atoms with Gasteiger partial charge in [0.1, 0.15) is 12.3 Å². The minimum absolute atomic E-state index is 0.0755. The van der Waals surface area contributed by atoms with Crippen molar-refractivity contribution in [1.29, 1.82) is 0 Å². The summed E-state index contributed by atoms with van der Waals surface area (Å²) in [4.78, 5) is 2.45. The number of hydrogen-bond acceptors (Lipinski definition) is 5. The lowest BCUT2D eigenvalue weighted by molar-refractivity contribution is -0.115. The molecule has 0 aromatic carbocycles. The Bertz CT molecular complexity index is 563. The van der Waals surface area contributed by atoms with Crippen molar-refractivity contribution < 1.29 is 23.0 Å². The molecule has 0 aromatic rings. The third-order valence-electron chi connectivity index (χ3n) is 8.54. The van der Waals surface area contributed by atoms with Gasteiger partial charge >= 0.3 is 0 Å². The molecule has 172 valence electrons. The van der Waals surface area contributed by atoms with Crippen LogP contribution in [0.15, 0.2) is 0 Å². The second-order valence-corrected chi connectivity index (χ2v) is 10.2. The average Bonchev–Trinajstić information content (AvgIpc) is 2.79. The predicted octanol–water partition coefficient (Wildman–Crippen LogP) is 2.87. The van der Waals surface area contributed by atoms with Gasteiger partial charge in [0.25, 0.3) is 0 Å². The SMILES string of the molecule is FC1CCC(F)C2C3CCC(CC3)OC[C@@H]3N(CCC[C@@]34COCCN4)CCOC12. The fourth-order valence-electron chi connectivity index (χ4n) is 6.93. The van der Waals surface area contributed by atoms with Gasteiger partial charge in [-0.3, -0.25) is 4.90 Å². The Kier molecular flexibility index (Phi) is 6.64. The monoisotopic (exact) mass is 428 g/mol. The summed E-state index contributed by atoms with van der Waals surface area (Å²) in [6.45, 7) is 5.22. The van der Waals surface area contributed by atoms with Crippen LogP contribution in [-0.2, 0) is 14.2 Å². The number of piperidine rings is 1. The summed E-state index contributed by atoms with van der Waals surface area (Å²) >= 11 is 0. The molecule has 6 rings (SSSR count). The van der Waals surface area contributed by atoms with Gasteiger partial charge in [0, 0.05) is 19.0 Å². The number of alkyl halides is 2. The van der Waals surface area contributed by atoms with Crippen molar-refractivity contribution in [1.82, 2.24) is 10.2 Å². The van der Waals surface area contributed by atoms with Gasteiger partial charge in [0.05, 0.1) is 50.2 Å². The molecule has 4 unspecified atom stereocenters. The molecule has 1 spiro atoms. The van der Waals surface area contributed by atoms with Crippen LogP contribution in [0.3, 0.4) is 0 Å². The number of fused-ring (bicyclic) bond motifs is 5. The Balaban J connectivity index is 1.37. The van der Waals surface area contributed by atoms with E-state index in [9.17, 15) is 8.78 Å². The predicted molar refractivity (Wildman–Crippen MR) is 110 cm³/mol. The zero-order valence-corrected chi connectivity index (χ0v) is 18.1. The second-order valence-electron chi connectivity index (χ2n) is 10.2. The van der Waals surface area contributed by atoms with E-state index in [1.54, 1.807) is 0 Å². The van der Waals surface area contributed by atoms with Crippen LogP contribution < -0.4 is 5.32 Å². The number of nitrogens with one attached hydrogen (secondary N) is 1. The fraction of sp³-hybridized carbons (Fsp3) is 1.00. The number of hydrogen-bond donors (Lipinski definition) is 1. The topological polar surface area (TPSA) is 43.0 Å². The highest BCUT2D eigenvalue weighted by atomic mass is 19.1. The zero-order chi connectivity index (χ0) is 20.6. The first kappa shape index (κ1) is 21.5. The number of rotatable bonds is 0. The maximum absolute atomic E-state index is 15.0. The molecule has 2 saturated carbocycles. The van der Waals surface area contributed by atoms with E-state index in [0.717, 1.165) is 64.8 Å². The van der Waals surface area contributed by atoms with Crippen molar-refractivity contribution in [3.05, 3.63) is 0 Å². The normalized spacial score (nSPS) is 48.8. The maximum Gasteiger partial charge on any atom is 0.127 e. The lowest BCUT2D eigenvalue weighted by atomic mass is 9.70. The van der Waals surface area contributed by atoms with E-state index in [4.69, 9.17) is 14.2 Å². The molecule has 4 aliphatic heterocycles. The van der Waals surface area contributed by atoms with Crippen LogP contribution in [0, 0.1) is 11.8 Å². The van der Waals surface area contributed by atoms with Crippen molar-refractivity contribution in [2.75, 3.05) is 46.1 Å². The van der Waals surface area contributed by atoms with Crippen molar-refractivity contribution in [3.63, 3.8) is 0 Å². The molecule has 2 aliphatic carbocycles. The Morgan fingerprint density at radius 1 is 0.900 bits per heavy atom. The summed E-state index contributed by atoms with van der Waals surface area (Å²) < 4.78 is 48.4. The first-order valence-corrected chi connectivity index (χ1v) is 12.2. The fourth-order valence-corrected chi connectivity index (χ4v) is 6.93. The van der Waals surface area contributed by atoms with Gasteiger partial charge < -0.3 is 19.5 Å². The molecule has 4 heterocycles. The van der Waals surface area contributed by atoms with Gasteiger partial charge in [-0.25, -0.2) is 8.78 Å². The van der Waals surface area contributed by atoms with E-state index in [1.165, 1.54) is 0 Å². The van der Waals surface area contributed by atoms with E-state index in [0.29, 0.717) is 26.2 Å². The summed E-state index contributed by atoms with van der Waals surface area (Å²) in [5.41, 5.74) is -0.0755. The number of morpholine rings is 1. The van der Waals surface area contributed by atoms with Crippen LogP contribution >= 0.6 is 0 Å². The lowest BCUT2D eigenvalue weighted by Gasteiger charge is -2.52. The minimum atomic E-state index is -1.04. The smallest absolute Gasteiger partial charge is 0.127 e. The van der Waals surface area contributed by atoms with Crippen LogP contribution in [-0.4, -0.2) is 87.1 Å². The molecule has 4 saturated heterocycles. The van der Waals surface area contributed by atoms with Gasteiger partial charge in [-0.2, -0.15) is 0 Å². The third kappa shape index (κ3) is 4.17. The van der Waals surface area contributed by atoms with E-state index >= 15 is 0 Å². The largest absolute Gasteiger partial charge is 0.378 e. The van der Waals surface area contributed by atoms with Crippen LogP contribution in [0.5, 0.6) is 0 Å². The summed E-state index contributed by atoms with van der Waals surface area (Å²) in [7, 11) is 0. The molecule has 0 aromatic heterocycles. The summed E-state index contributed by atoms with van der Waals surface area (Å²) in [5, 5.41) is 3.76. The summed E-state index contributed by atoms with van der Waals surface area (Å²) in [6.07, 6.45) is 4.20. The molecule has 6 aliphatic rings. The van der Waals surface area contributed by atoms with Gasteiger partial charge in [-0.1, -0.05) is 0 Å². The first-order chi connectivity index (χ1) is 14.7. The van der Waals surface area contributed by atoms with Crippen LogP contribution in [0.1, 0.15) is 51.4 Å². The van der Waals surface area contributed by atoms with E-state index in [2.05, 4.69) is 10.2 Å².